The fourth-order valence-corrected chi connectivity index (χ4v) is 8.42. The summed E-state index contributed by atoms with van der Waals surface area (Å²) in [6.07, 6.45) is 2.47. The first-order valence-electron chi connectivity index (χ1n) is 18.2. The molecule has 2 heterocycles. The summed E-state index contributed by atoms with van der Waals surface area (Å²) in [5.74, 6) is -2.82. The average molecular weight is 815 g/mol. The van der Waals surface area contributed by atoms with E-state index in [9.17, 15) is 47.9 Å². The number of unbranched alkanes of at least 4 members (excludes halogenated alkanes) is 1. The number of pyridine rings is 1. The second-order valence-corrected chi connectivity index (χ2v) is 18.0. The summed E-state index contributed by atoms with van der Waals surface area (Å²) in [5.41, 5.74) is 0.771. The Morgan fingerprint density at radius 2 is 1.50 bits per heavy atom. The summed E-state index contributed by atoms with van der Waals surface area (Å²) >= 11 is 0. The third kappa shape index (κ3) is 13.6. The number of aromatic nitrogens is 1. The van der Waals surface area contributed by atoms with Gasteiger partial charge in [0, 0.05) is 44.1 Å². The van der Waals surface area contributed by atoms with Gasteiger partial charge in [-0.05, 0) is 72.6 Å². The molecule has 0 unspecified atom stereocenters. The Balaban J connectivity index is 1.36. The van der Waals surface area contributed by atoms with Crippen LogP contribution in [0, 0.1) is 11.8 Å². The average Bonchev–Trinajstić information content (AvgIpc) is 3.36. The van der Waals surface area contributed by atoms with Gasteiger partial charge in [0.2, 0.25) is 23.2 Å². The summed E-state index contributed by atoms with van der Waals surface area (Å²) in [5, 5.41) is 4.84. The van der Waals surface area contributed by atoms with Gasteiger partial charge >= 0.3 is 22.3 Å². The van der Waals surface area contributed by atoms with E-state index < -0.39 is 45.6 Å². The van der Waals surface area contributed by atoms with Crippen molar-refractivity contribution in [3.63, 3.8) is 0 Å². The molecule has 0 saturated carbocycles. The molecule has 0 saturated heterocycles. The van der Waals surface area contributed by atoms with Crippen LogP contribution in [0.3, 0.4) is 0 Å². The minimum absolute atomic E-state index is 0.0261. The topological polar surface area (TPSA) is 242 Å². The molecule has 2 atom stereocenters. The van der Waals surface area contributed by atoms with Gasteiger partial charge in [0.05, 0.1) is 19.2 Å². The summed E-state index contributed by atoms with van der Waals surface area (Å²) in [4.78, 5) is 94.7. The smallest absolute Gasteiger partial charge is 0.406 e. The van der Waals surface area contributed by atoms with Crippen LogP contribution in [0.1, 0.15) is 79.6 Å². The molecular formula is C37H49BN4O12P2. The molecule has 19 heteroatoms. The maximum atomic E-state index is 14.0. The zero-order chi connectivity index (χ0) is 41.0. The minimum Gasteiger partial charge on any atom is -0.406 e. The minimum atomic E-state index is -5.31. The third-order valence-corrected chi connectivity index (χ3v) is 12.5. The Morgan fingerprint density at radius 3 is 2.12 bits per heavy atom. The SMILES string of the molecule is CC(C)C[C@@H](NC(=O)[C@H](CC(=O)c1ccccn1)Cc1ccccc1)B1OCc2ccc(N(C)C(=O)CCCCC(=O)NC(P(=O)(O)O)P(=O)(O)O)cc2CO1. The molecule has 1 aromatic heterocycles. The fourth-order valence-electron chi connectivity index (χ4n) is 6.23. The zero-order valence-electron chi connectivity index (χ0n) is 31.5. The van der Waals surface area contributed by atoms with Crippen LogP contribution in [0.2, 0.25) is 0 Å². The number of fused-ring (bicyclic) bond motifs is 1. The lowest BCUT2D eigenvalue weighted by Crippen LogP contribution is -2.51. The molecule has 0 fully saturated rings. The Hall–Kier alpha value is -4.05. The zero-order valence-corrected chi connectivity index (χ0v) is 33.3. The van der Waals surface area contributed by atoms with Gasteiger partial charge in [-0.1, -0.05) is 56.3 Å². The van der Waals surface area contributed by atoms with Gasteiger partial charge in [-0.2, -0.15) is 0 Å². The van der Waals surface area contributed by atoms with E-state index in [2.05, 4.69) is 10.3 Å². The molecule has 4 rings (SSSR count). The second kappa shape index (κ2) is 20.4. The number of Topliss-reactive ketones (excluding diaryl/α,β-unsaturated/α-hetero) is 1. The predicted molar refractivity (Wildman–Crippen MR) is 208 cm³/mol. The number of nitrogens with zero attached hydrogens (tertiary/aromatic N) is 2. The van der Waals surface area contributed by atoms with Crippen molar-refractivity contribution in [3.05, 3.63) is 95.3 Å². The molecule has 1 aliphatic rings. The molecule has 3 amide bonds. The Bertz CT molecular complexity index is 1890. The van der Waals surface area contributed by atoms with Crippen molar-refractivity contribution in [2.75, 3.05) is 11.9 Å². The normalized spacial score (nSPS) is 14.4. The molecule has 6 N–H and O–H groups in total. The number of amides is 3. The number of carbonyl (C=O) groups is 4. The number of ketones is 1. The van der Waals surface area contributed by atoms with Crippen LogP contribution >= 0.6 is 15.2 Å². The number of hydrogen-bond acceptors (Lipinski definition) is 9. The van der Waals surface area contributed by atoms with Crippen molar-refractivity contribution >= 4 is 51.5 Å². The van der Waals surface area contributed by atoms with E-state index in [0.29, 0.717) is 24.2 Å². The molecule has 1 aliphatic heterocycles. The lowest BCUT2D eigenvalue weighted by molar-refractivity contribution is -0.125. The van der Waals surface area contributed by atoms with Crippen LogP contribution in [0.15, 0.2) is 72.9 Å². The third-order valence-electron chi connectivity index (χ3n) is 9.19. The van der Waals surface area contributed by atoms with Crippen LogP contribution in [0.5, 0.6) is 0 Å². The summed E-state index contributed by atoms with van der Waals surface area (Å²) < 4.78 is 35.3. The molecule has 0 aliphatic carbocycles. The predicted octanol–water partition coefficient (Wildman–Crippen LogP) is 4.10. The number of benzene rings is 2. The lowest BCUT2D eigenvalue weighted by atomic mass is 9.73. The molecular weight excluding hydrogens is 765 g/mol. The highest BCUT2D eigenvalue weighted by Gasteiger charge is 2.44. The van der Waals surface area contributed by atoms with Crippen LogP contribution in [-0.2, 0) is 52.5 Å². The van der Waals surface area contributed by atoms with Crippen molar-refractivity contribution in [2.45, 2.75) is 83.5 Å². The maximum absolute atomic E-state index is 14.0. The van der Waals surface area contributed by atoms with Gasteiger partial charge in [-0.15, -0.1) is 0 Å². The molecule has 3 aromatic rings. The molecule has 302 valence electrons. The molecule has 2 aromatic carbocycles. The summed E-state index contributed by atoms with van der Waals surface area (Å²) in [6.45, 7) is 4.36. The van der Waals surface area contributed by atoms with E-state index in [1.807, 2.05) is 56.3 Å². The van der Waals surface area contributed by atoms with E-state index in [1.165, 1.54) is 4.90 Å². The van der Waals surface area contributed by atoms with Crippen molar-refractivity contribution in [1.82, 2.24) is 15.6 Å². The molecule has 56 heavy (non-hydrogen) atoms. The van der Waals surface area contributed by atoms with Gasteiger partial charge in [0.1, 0.15) is 5.69 Å². The number of hydrogen-bond donors (Lipinski definition) is 6. The first-order chi connectivity index (χ1) is 26.4. The highest BCUT2D eigenvalue weighted by molar-refractivity contribution is 7.70. The molecule has 16 nitrogen and oxygen atoms in total. The number of carbonyl (C=O) groups excluding carboxylic acids is 4. The van der Waals surface area contributed by atoms with Crippen molar-refractivity contribution < 1.29 is 57.2 Å². The number of nitrogens with one attached hydrogen (secondary N) is 2. The Labute approximate surface area is 326 Å². The van der Waals surface area contributed by atoms with Crippen molar-refractivity contribution in [3.8, 4) is 0 Å². The van der Waals surface area contributed by atoms with E-state index in [1.54, 1.807) is 42.8 Å². The first-order valence-corrected chi connectivity index (χ1v) is 21.6. The van der Waals surface area contributed by atoms with Gasteiger partial charge in [0.15, 0.2) is 5.78 Å². The maximum Gasteiger partial charge on any atom is 0.481 e. The summed E-state index contributed by atoms with van der Waals surface area (Å²) in [6, 6.07) is 20.0. The van der Waals surface area contributed by atoms with Crippen molar-refractivity contribution in [1.29, 1.82) is 0 Å². The molecule has 0 radical (unpaired) electrons. The summed E-state index contributed by atoms with van der Waals surface area (Å²) in [7, 11) is -9.84. The van der Waals surface area contributed by atoms with Gasteiger partial charge in [0.25, 0.3) is 0 Å². The quantitative estimate of drug-likeness (QED) is 0.0433. The lowest BCUT2D eigenvalue weighted by Gasteiger charge is -2.27. The monoisotopic (exact) mass is 814 g/mol. The van der Waals surface area contributed by atoms with Crippen LogP contribution in [0.25, 0.3) is 0 Å². The van der Waals surface area contributed by atoms with Crippen LogP contribution < -0.4 is 15.5 Å². The van der Waals surface area contributed by atoms with Gasteiger partial charge in [-0.3, -0.25) is 33.3 Å². The van der Waals surface area contributed by atoms with E-state index >= 15 is 0 Å². The first kappa shape index (κ1) is 44.7. The largest absolute Gasteiger partial charge is 0.481 e. The van der Waals surface area contributed by atoms with Crippen LogP contribution in [0.4, 0.5) is 5.69 Å². The highest BCUT2D eigenvalue weighted by Crippen LogP contribution is 2.58. The van der Waals surface area contributed by atoms with Crippen molar-refractivity contribution in [2.24, 2.45) is 11.8 Å². The van der Waals surface area contributed by atoms with Crippen LogP contribution in [-0.4, -0.2) is 73.7 Å². The Morgan fingerprint density at radius 1 is 0.857 bits per heavy atom. The number of rotatable bonds is 19. The van der Waals surface area contributed by atoms with E-state index in [-0.39, 0.29) is 68.8 Å². The van der Waals surface area contributed by atoms with E-state index in [0.717, 1.165) is 16.7 Å². The fraction of sp³-hybridized carbons (Fsp3) is 0.432. The van der Waals surface area contributed by atoms with Gasteiger partial charge < -0.3 is 44.4 Å². The number of anilines is 1. The Kier molecular flexibility index (Phi) is 16.3. The highest BCUT2D eigenvalue weighted by atomic mass is 31.2. The molecule has 0 bridgehead atoms. The second-order valence-electron chi connectivity index (χ2n) is 14.2. The molecule has 0 spiro atoms. The van der Waals surface area contributed by atoms with Gasteiger partial charge in [-0.25, -0.2) is 0 Å². The standard InChI is InChI=1S/C37H49BN4O12P2/c1-25(2)19-33(40-36(46)28(20-26-11-5-4-6-12-26)22-32(43)31-13-9-10-18-39-31)38-53-23-27-16-17-30(21-29(27)24-54-38)42(3)35(45)15-8-7-14-34(44)41-37(55(47,48)49)56(50,51)52/h4-6,9-13,16-18,21,25,28,33,37H,7-8,14-15,19-20,22-24H2,1-3H3,(H,40,46)(H,41,44)(H2,47,48,49)(H2,50,51,52)/t28-,33+/m0/s1. The van der Waals surface area contributed by atoms with E-state index in [4.69, 9.17) is 9.31 Å².